The zero-order chi connectivity index (χ0) is 21.5. The summed E-state index contributed by atoms with van der Waals surface area (Å²) in [5.74, 6) is -0.435. The summed E-state index contributed by atoms with van der Waals surface area (Å²) in [6.45, 7) is 1.76. The number of nitrogens with one attached hydrogen (secondary N) is 2. The highest BCUT2D eigenvalue weighted by molar-refractivity contribution is 5.97. The van der Waals surface area contributed by atoms with Gasteiger partial charge in [-0.05, 0) is 44.7 Å². The van der Waals surface area contributed by atoms with E-state index in [-0.39, 0.29) is 29.8 Å². The van der Waals surface area contributed by atoms with Gasteiger partial charge in [0.05, 0.1) is 4.92 Å². The highest BCUT2D eigenvalue weighted by Crippen LogP contribution is 2.25. The van der Waals surface area contributed by atoms with Crippen LogP contribution in [0.1, 0.15) is 48.5 Å². The highest BCUT2D eigenvalue weighted by Gasteiger charge is 2.20. The largest absolute Gasteiger partial charge is 0.474 e. The molecule has 0 radical (unpaired) electrons. The number of hydrogen-bond acceptors (Lipinski definition) is 6. The number of hydrogen-bond donors (Lipinski definition) is 2. The lowest BCUT2D eigenvalue weighted by Crippen LogP contribution is -2.44. The Morgan fingerprint density at radius 3 is 2.77 bits per heavy atom. The molecule has 1 aliphatic carbocycles. The monoisotopic (exact) mass is 412 g/mol. The number of nitrogens with zero attached hydrogens (tertiary/aromatic N) is 2. The van der Waals surface area contributed by atoms with Gasteiger partial charge in [0.2, 0.25) is 11.8 Å². The number of nitro groups is 1. The van der Waals surface area contributed by atoms with E-state index in [1.807, 2.05) is 6.07 Å². The molecule has 0 bridgehead atoms. The molecular weight excluding hydrogens is 388 g/mol. The number of amides is 2. The number of carbonyl (C=O) groups excluding carboxylic acids is 2. The quantitative estimate of drug-likeness (QED) is 0.508. The van der Waals surface area contributed by atoms with Crippen molar-refractivity contribution in [2.45, 2.75) is 51.3 Å². The lowest BCUT2D eigenvalue weighted by atomic mass is 10.1. The second-order valence-corrected chi connectivity index (χ2v) is 7.21. The molecule has 0 spiro atoms. The first-order chi connectivity index (χ1) is 14.4. The fraction of sp³-hybridized carbons (Fsp3) is 0.381. The molecule has 1 atom stereocenters. The smallest absolute Gasteiger partial charge is 0.270 e. The molecule has 1 heterocycles. The predicted octanol–water partition coefficient (Wildman–Crippen LogP) is 2.75. The van der Waals surface area contributed by atoms with Crippen molar-refractivity contribution in [3.8, 4) is 5.88 Å². The zero-order valence-corrected chi connectivity index (χ0v) is 16.7. The van der Waals surface area contributed by atoms with E-state index in [0.29, 0.717) is 5.88 Å². The standard InChI is InChI=1S/C21H24N4O5/c1-14(24-20(27)15-6-4-8-17(12-15)25(28)29)19(26)23-13-16-7-5-11-22-21(16)30-18-9-2-3-10-18/h4-8,11-12,14,18H,2-3,9-10,13H2,1H3,(H,23,26)(H,24,27)/t14-/m1/s1. The van der Waals surface area contributed by atoms with Gasteiger partial charge >= 0.3 is 0 Å². The first-order valence-corrected chi connectivity index (χ1v) is 9.87. The summed E-state index contributed by atoms with van der Waals surface area (Å²) in [5.41, 5.74) is 0.685. The van der Waals surface area contributed by atoms with Crippen LogP contribution >= 0.6 is 0 Å². The van der Waals surface area contributed by atoms with Gasteiger partial charge in [-0.1, -0.05) is 12.1 Å². The SMILES string of the molecule is C[C@@H](NC(=O)c1cccc([N+](=O)[O-])c1)C(=O)NCc1cccnc1OC1CCCC1. The van der Waals surface area contributed by atoms with Gasteiger partial charge in [0.1, 0.15) is 12.1 Å². The summed E-state index contributed by atoms with van der Waals surface area (Å²) < 4.78 is 5.96. The summed E-state index contributed by atoms with van der Waals surface area (Å²) in [6.07, 6.45) is 6.10. The van der Waals surface area contributed by atoms with Crippen LogP contribution in [0.3, 0.4) is 0 Å². The van der Waals surface area contributed by atoms with Crippen molar-refractivity contribution in [3.05, 3.63) is 63.8 Å². The fourth-order valence-corrected chi connectivity index (χ4v) is 3.27. The lowest BCUT2D eigenvalue weighted by Gasteiger charge is -2.17. The third-order valence-electron chi connectivity index (χ3n) is 4.94. The van der Waals surface area contributed by atoms with Gasteiger partial charge in [-0.25, -0.2) is 4.98 Å². The van der Waals surface area contributed by atoms with Crippen LogP contribution < -0.4 is 15.4 Å². The molecule has 1 aromatic carbocycles. The molecule has 9 nitrogen and oxygen atoms in total. The Morgan fingerprint density at radius 1 is 1.27 bits per heavy atom. The van der Waals surface area contributed by atoms with Crippen molar-refractivity contribution >= 4 is 17.5 Å². The minimum atomic E-state index is -0.826. The van der Waals surface area contributed by atoms with Gasteiger partial charge in [0.15, 0.2) is 0 Å². The molecule has 2 aromatic rings. The third kappa shape index (κ3) is 5.53. The van der Waals surface area contributed by atoms with Crippen LogP contribution in [0.5, 0.6) is 5.88 Å². The van der Waals surface area contributed by atoms with Crippen molar-refractivity contribution in [2.75, 3.05) is 0 Å². The molecule has 9 heteroatoms. The van der Waals surface area contributed by atoms with Crippen LogP contribution in [-0.4, -0.2) is 33.9 Å². The predicted molar refractivity (Wildman–Crippen MR) is 109 cm³/mol. The molecule has 2 N–H and O–H groups in total. The number of pyridine rings is 1. The van der Waals surface area contributed by atoms with Crippen LogP contribution in [-0.2, 0) is 11.3 Å². The Hall–Kier alpha value is -3.49. The maximum absolute atomic E-state index is 12.4. The molecule has 3 rings (SSSR count). The molecule has 1 fully saturated rings. The number of rotatable bonds is 8. The van der Waals surface area contributed by atoms with Crippen molar-refractivity contribution in [1.82, 2.24) is 15.6 Å². The van der Waals surface area contributed by atoms with Gasteiger partial charge in [0.25, 0.3) is 11.6 Å². The molecule has 1 aliphatic rings. The summed E-state index contributed by atoms with van der Waals surface area (Å²) in [5, 5.41) is 16.2. The second kappa shape index (κ2) is 9.82. The second-order valence-electron chi connectivity index (χ2n) is 7.21. The van der Waals surface area contributed by atoms with Gasteiger partial charge in [-0.2, -0.15) is 0 Å². The maximum Gasteiger partial charge on any atom is 0.270 e. The highest BCUT2D eigenvalue weighted by atomic mass is 16.6. The maximum atomic E-state index is 12.4. The van der Waals surface area contributed by atoms with E-state index >= 15 is 0 Å². The molecule has 0 aliphatic heterocycles. The van der Waals surface area contributed by atoms with Crippen molar-refractivity contribution in [1.29, 1.82) is 0 Å². The summed E-state index contributed by atoms with van der Waals surface area (Å²) in [7, 11) is 0. The molecule has 0 unspecified atom stereocenters. The Balaban J connectivity index is 1.55. The summed E-state index contributed by atoms with van der Waals surface area (Å²) in [6, 6.07) is 8.13. The topological polar surface area (TPSA) is 123 Å². The first-order valence-electron chi connectivity index (χ1n) is 9.87. The van der Waals surface area contributed by atoms with Crippen molar-refractivity contribution in [2.24, 2.45) is 0 Å². The van der Waals surface area contributed by atoms with Crippen LogP contribution in [0.2, 0.25) is 0 Å². The Kier molecular flexibility index (Phi) is 6.95. The van der Waals surface area contributed by atoms with Crippen LogP contribution in [0.15, 0.2) is 42.6 Å². The number of aromatic nitrogens is 1. The van der Waals surface area contributed by atoms with Crippen LogP contribution in [0.25, 0.3) is 0 Å². The molecule has 1 saturated carbocycles. The number of nitro benzene ring substituents is 1. The minimum absolute atomic E-state index is 0.114. The average Bonchev–Trinajstić information content (AvgIpc) is 3.26. The van der Waals surface area contributed by atoms with Gasteiger partial charge in [0, 0.05) is 36.0 Å². The lowest BCUT2D eigenvalue weighted by molar-refractivity contribution is -0.384. The number of carbonyl (C=O) groups is 2. The van der Waals surface area contributed by atoms with E-state index in [2.05, 4.69) is 15.6 Å². The minimum Gasteiger partial charge on any atom is -0.474 e. The Bertz CT molecular complexity index is 927. The average molecular weight is 412 g/mol. The van der Waals surface area contributed by atoms with Crippen LogP contribution in [0.4, 0.5) is 5.69 Å². The van der Waals surface area contributed by atoms with Gasteiger partial charge in [-0.15, -0.1) is 0 Å². The molecule has 30 heavy (non-hydrogen) atoms. The van der Waals surface area contributed by atoms with Crippen molar-refractivity contribution in [3.63, 3.8) is 0 Å². The van der Waals surface area contributed by atoms with E-state index < -0.39 is 16.9 Å². The van der Waals surface area contributed by atoms with E-state index in [0.717, 1.165) is 31.2 Å². The van der Waals surface area contributed by atoms with E-state index in [9.17, 15) is 19.7 Å². The van der Waals surface area contributed by atoms with E-state index in [1.165, 1.54) is 24.3 Å². The van der Waals surface area contributed by atoms with E-state index in [4.69, 9.17) is 4.74 Å². The zero-order valence-electron chi connectivity index (χ0n) is 16.7. The van der Waals surface area contributed by atoms with Crippen molar-refractivity contribution < 1.29 is 19.2 Å². The number of non-ortho nitro benzene ring substituents is 1. The number of ether oxygens (including phenoxy) is 1. The third-order valence-corrected chi connectivity index (χ3v) is 4.94. The summed E-state index contributed by atoms with van der Waals surface area (Å²) in [4.78, 5) is 39.3. The molecule has 1 aromatic heterocycles. The molecule has 0 saturated heterocycles. The molecule has 158 valence electrons. The first kappa shape index (κ1) is 21.2. The number of benzene rings is 1. The summed E-state index contributed by atoms with van der Waals surface area (Å²) >= 11 is 0. The van der Waals surface area contributed by atoms with Crippen LogP contribution in [0, 0.1) is 10.1 Å². The van der Waals surface area contributed by atoms with Gasteiger partial charge < -0.3 is 15.4 Å². The normalized spacial score (nSPS) is 14.7. The van der Waals surface area contributed by atoms with Gasteiger partial charge in [-0.3, -0.25) is 19.7 Å². The molecule has 2 amide bonds. The fourth-order valence-electron chi connectivity index (χ4n) is 3.27. The van der Waals surface area contributed by atoms with E-state index in [1.54, 1.807) is 19.2 Å². The Morgan fingerprint density at radius 2 is 2.03 bits per heavy atom. The molecular formula is C21H24N4O5. The Labute approximate surface area is 174 Å².